The lowest BCUT2D eigenvalue weighted by Crippen LogP contribution is -2.09. The summed E-state index contributed by atoms with van der Waals surface area (Å²) in [5, 5.41) is 26.1. The second-order valence-electron chi connectivity index (χ2n) is 4.95. The van der Waals surface area contributed by atoms with Gasteiger partial charge in [0.2, 0.25) is 0 Å². The fourth-order valence-corrected chi connectivity index (χ4v) is 2.09. The summed E-state index contributed by atoms with van der Waals surface area (Å²) < 4.78 is 4.42. The second-order valence-corrected chi connectivity index (χ2v) is 4.95. The minimum absolute atomic E-state index is 0.0469. The van der Waals surface area contributed by atoms with Crippen LogP contribution in [-0.4, -0.2) is 46.3 Å². The van der Waals surface area contributed by atoms with E-state index in [0.717, 1.165) is 0 Å². The van der Waals surface area contributed by atoms with E-state index in [1.807, 2.05) is 0 Å². The Balaban J connectivity index is 0.000000260. The van der Waals surface area contributed by atoms with Crippen molar-refractivity contribution in [2.75, 3.05) is 7.11 Å². The van der Waals surface area contributed by atoms with Gasteiger partial charge in [-0.1, -0.05) is 24.3 Å². The van der Waals surface area contributed by atoms with Gasteiger partial charge in [-0.3, -0.25) is 0 Å². The number of ether oxygens (including phenoxy) is 1. The summed E-state index contributed by atoms with van der Waals surface area (Å²) in [6.45, 7) is 1.57. The Kier molecular flexibility index (Phi) is 7.03. The third-order valence-corrected chi connectivity index (χ3v) is 3.28. The fraction of sp³-hybridized carbons (Fsp3) is 0.111. The molecule has 0 saturated carbocycles. The van der Waals surface area contributed by atoms with Crippen molar-refractivity contribution < 1.29 is 39.2 Å². The second kappa shape index (κ2) is 8.97. The number of benzene rings is 2. The molecule has 8 heteroatoms. The van der Waals surface area contributed by atoms with Gasteiger partial charge in [0, 0.05) is 0 Å². The number of carboxylic acid groups (broad SMARTS) is 3. The van der Waals surface area contributed by atoms with Gasteiger partial charge in [0.05, 0.1) is 29.4 Å². The first kappa shape index (κ1) is 20.4. The normalized spacial score (nSPS) is 9.46. The molecule has 0 aliphatic carbocycles. The van der Waals surface area contributed by atoms with Crippen LogP contribution in [0.4, 0.5) is 0 Å². The van der Waals surface area contributed by atoms with Crippen LogP contribution in [0, 0.1) is 6.92 Å². The van der Waals surface area contributed by atoms with E-state index in [9.17, 15) is 19.2 Å². The Labute approximate surface area is 148 Å². The van der Waals surface area contributed by atoms with Gasteiger partial charge >= 0.3 is 23.9 Å². The summed E-state index contributed by atoms with van der Waals surface area (Å²) in [7, 11) is 1.21. The summed E-state index contributed by atoms with van der Waals surface area (Å²) in [5.74, 6) is -4.21. The Bertz CT molecular complexity index is 854. The molecule has 26 heavy (non-hydrogen) atoms. The molecule has 8 nitrogen and oxygen atoms in total. The van der Waals surface area contributed by atoms with Crippen molar-refractivity contribution in [2.24, 2.45) is 0 Å². The van der Waals surface area contributed by atoms with Crippen LogP contribution >= 0.6 is 0 Å². The summed E-state index contributed by atoms with van der Waals surface area (Å²) in [6, 6.07) is 10.3. The third kappa shape index (κ3) is 4.91. The zero-order chi connectivity index (χ0) is 19.9. The SMILES string of the molecule is COC(=O)c1ccccc1C(=O)O.Cc1cccc(C(=O)O)c1C(=O)O. The molecule has 3 N–H and O–H groups in total. The molecular weight excluding hydrogens is 344 g/mol. The Morgan fingerprint density at radius 2 is 1.23 bits per heavy atom. The van der Waals surface area contributed by atoms with Crippen molar-refractivity contribution in [3.05, 3.63) is 70.3 Å². The number of aromatic carboxylic acids is 3. The zero-order valence-electron chi connectivity index (χ0n) is 13.9. The van der Waals surface area contributed by atoms with Gasteiger partial charge in [0.1, 0.15) is 0 Å². The van der Waals surface area contributed by atoms with E-state index in [4.69, 9.17) is 15.3 Å². The average molecular weight is 360 g/mol. The quantitative estimate of drug-likeness (QED) is 0.707. The average Bonchev–Trinajstić information content (AvgIpc) is 2.60. The molecule has 0 saturated heterocycles. The standard InChI is InChI=1S/2C9H8O4/c1-13-9(12)7-5-3-2-4-6(7)8(10)11;1-5-3-2-4-6(8(10)11)7(5)9(12)13/h2-5H,1H3,(H,10,11);2-4H,1H3,(H,10,11)(H,12,13). The molecule has 2 rings (SSSR count). The van der Waals surface area contributed by atoms with E-state index < -0.39 is 23.9 Å². The van der Waals surface area contributed by atoms with Crippen LogP contribution < -0.4 is 0 Å². The molecule has 0 aliphatic heterocycles. The summed E-state index contributed by atoms with van der Waals surface area (Å²) >= 11 is 0. The van der Waals surface area contributed by atoms with Crippen LogP contribution in [0.5, 0.6) is 0 Å². The highest BCUT2D eigenvalue weighted by molar-refractivity contribution is 6.03. The first-order chi connectivity index (χ1) is 12.2. The van der Waals surface area contributed by atoms with Gasteiger partial charge in [-0.25, -0.2) is 19.2 Å². The van der Waals surface area contributed by atoms with Crippen LogP contribution in [0.2, 0.25) is 0 Å². The van der Waals surface area contributed by atoms with Crippen LogP contribution in [0.15, 0.2) is 42.5 Å². The molecule has 0 heterocycles. The van der Waals surface area contributed by atoms with Gasteiger partial charge in [0.25, 0.3) is 0 Å². The highest BCUT2D eigenvalue weighted by atomic mass is 16.5. The lowest BCUT2D eigenvalue weighted by molar-refractivity contribution is 0.0582. The van der Waals surface area contributed by atoms with Crippen LogP contribution in [0.25, 0.3) is 0 Å². The van der Waals surface area contributed by atoms with E-state index in [0.29, 0.717) is 5.56 Å². The minimum atomic E-state index is -1.22. The molecule has 0 bridgehead atoms. The number of hydrogen-bond acceptors (Lipinski definition) is 5. The molecule has 136 valence electrons. The van der Waals surface area contributed by atoms with Crippen molar-refractivity contribution >= 4 is 23.9 Å². The molecule has 2 aromatic carbocycles. The molecule has 0 spiro atoms. The van der Waals surface area contributed by atoms with E-state index in [1.54, 1.807) is 25.1 Å². The Morgan fingerprint density at radius 1 is 0.731 bits per heavy atom. The van der Waals surface area contributed by atoms with Crippen LogP contribution in [0.1, 0.15) is 47.0 Å². The monoisotopic (exact) mass is 360 g/mol. The third-order valence-electron chi connectivity index (χ3n) is 3.28. The fourth-order valence-electron chi connectivity index (χ4n) is 2.09. The lowest BCUT2D eigenvalue weighted by Gasteiger charge is -2.03. The highest BCUT2D eigenvalue weighted by Gasteiger charge is 2.17. The maximum atomic E-state index is 11.1. The maximum Gasteiger partial charge on any atom is 0.338 e. The Hall–Kier alpha value is -3.68. The molecule has 0 aliphatic rings. The molecule has 0 fully saturated rings. The van der Waals surface area contributed by atoms with E-state index >= 15 is 0 Å². The molecular formula is C18H16O8. The molecule has 0 radical (unpaired) electrons. The van der Waals surface area contributed by atoms with Gasteiger partial charge in [0.15, 0.2) is 0 Å². The largest absolute Gasteiger partial charge is 0.478 e. The minimum Gasteiger partial charge on any atom is -0.478 e. The van der Waals surface area contributed by atoms with Gasteiger partial charge in [-0.05, 0) is 30.7 Å². The van der Waals surface area contributed by atoms with E-state index in [2.05, 4.69) is 4.74 Å². The molecule has 0 amide bonds. The van der Waals surface area contributed by atoms with Gasteiger partial charge in [-0.15, -0.1) is 0 Å². The number of carbonyl (C=O) groups excluding carboxylic acids is 1. The van der Waals surface area contributed by atoms with Crippen LogP contribution in [0.3, 0.4) is 0 Å². The predicted octanol–water partition coefficient (Wildman–Crippen LogP) is 2.56. The summed E-state index contributed by atoms with van der Waals surface area (Å²) in [5.41, 5.74) is 0.154. The number of rotatable bonds is 4. The topological polar surface area (TPSA) is 138 Å². The van der Waals surface area contributed by atoms with Crippen molar-refractivity contribution in [1.82, 2.24) is 0 Å². The number of esters is 1. The lowest BCUT2D eigenvalue weighted by atomic mass is 10.0. The molecule has 0 atom stereocenters. The molecule has 0 unspecified atom stereocenters. The number of carbonyl (C=O) groups is 4. The maximum absolute atomic E-state index is 11.1. The first-order valence-electron chi connectivity index (χ1n) is 7.17. The van der Waals surface area contributed by atoms with E-state index in [-0.39, 0.29) is 22.3 Å². The summed E-state index contributed by atoms with van der Waals surface area (Å²) in [4.78, 5) is 43.0. The van der Waals surface area contributed by atoms with Crippen molar-refractivity contribution in [3.8, 4) is 0 Å². The number of carboxylic acids is 3. The summed E-state index contributed by atoms with van der Waals surface area (Å²) in [6.07, 6.45) is 0. The number of hydrogen-bond donors (Lipinski definition) is 3. The molecule has 0 aromatic heterocycles. The number of aryl methyl sites for hydroxylation is 1. The smallest absolute Gasteiger partial charge is 0.338 e. The van der Waals surface area contributed by atoms with Crippen molar-refractivity contribution in [3.63, 3.8) is 0 Å². The molecule has 2 aromatic rings. The van der Waals surface area contributed by atoms with Gasteiger partial charge in [-0.2, -0.15) is 0 Å². The highest BCUT2D eigenvalue weighted by Crippen LogP contribution is 2.14. The van der Waals surface area contributed by atoms with Crippen LogP contribution in [-0.2, 0) is 4.74 Å². The predicted molar refractivity (Wildman–Crippen MR) is 89.8 cm³/mol. The zero-order valence-corrected chi connectivity index (χ0v) is 13.9. The van der Waals surface area contributed by atoms with Gasteiger partial charge < -0.3 is 20.1 Å². The number of methoxy groups -OCH3 is 1. The van der Waals surface area contributed by atoms with Crippen molar-refractivity contribution in [1.29, 1.82) is 0 Å². The van der Waals surface area contributed by atoms with E-state index in [1.165, 1.54) is 31.4 Å². The van der Waals surface area contributed by atoms with Crippen molar-refractivity contribution in [2.45, 2.75) is 6.92 Å². The Morgan fingerprint density at radius 3 is 1.65 bits per heavy atom. The first-order valence-corrected chi connectivity index (χ1v) is 7.17.